The number of benzene rings is 1. The van der Waals surface area contributed by atoms with Crippen molar-refractivity contribution >= 4 is 22.5 Å². The van der Waals surface area contributed by atoms with E-state index in [1.807, 2.05) is 36.0 Å². The zero-order valence-electron chi connectivity index (χ0n) is 8.90. The van der Waals surface area contributed by atoms with Gasteiger partial charge in [-0.05, 0) is 24.3 Å². The molecule has 0 bridgehead atoms. The van der Waals surface area contributed by atoms with Crippen molar-refractivity contribution < 1.29 is 4.74 Å². The van der Waals surface area contributed by atoms with Crippen LogP contribution in [0.25, 0.3) is 0 Å². The topological polar surface area (TPSA) is 21.6 Å². The summed E-state index contributed by atoms with van der Waals surface area (Å²) in [6, 6.07) is 7.97. The molecule has 0 unspecified atom stereocenters. The van der Waals surface area contributed by atoms with Gasteiger partial charge in [0.25, 0.3) is 0 Å². The third kappa shape index (κ3) is 2.75. The van der Waals surface area contributed by atoms with Crippen LogP contribution < -0.4 is 4.74 Å². The fourth-order valence-corrected chi connectivity index (χ4v) is 2.26. The highest BCUT2D eigenvalue weighted by molar-refractivity contribution is 8.13. The van der Waals surface area contributed by atoms with Crippen LogP contribution >= 0.6 is 11.8 Å². The second-order valence-electron chi connectivity index (χ2n) is 3.42. The molecule has 0 fully saturated rings. The van der Waals surface area contributed by atoms with Crippen LogP contribution in [0.15, 0.2) is 29.3 Å². The Labute approximate surface area is 94.7 Å². The van der Waals surface area contributed by atoms with Crippen molar-refractivity contribution in [3.63, 3.8) is 0 Å². The van der Waals surface area contributed by atoms with Gasteiger partial charge in [0.2, 0.25) is 0 Å². The molecule has 0 radical (unpaired) electrons. The molecule has 2 nitrogen and oxygen atoms in total. The van der Waals surface area contributed by atoms with Gasteiger partial charge in [0.1, 0.15) is 11.4 Å². The molecule has 3 heteroatoms. The lowest BCUT2D eigenvalue weighted by Gasteiger charge is -2.02. The normalized spacial score (nSPS) is 14.9. The molecule has 1 aromatic rings. The third-order valence-corrected chi connectivity index (χ3v) is 3.40. The molecule has 0 aliphatic carbocycles. The van der Waals surface area contributed by atoms with Gasteiger partial charge in [0.15, 0.2) is 0 Å². The molecule has 0 saturated heterocycles. The van der Waals surface area contributed by atoms with Crippen molar-refractivity contribution in [2.75, 3.05) is 12.4 Å². The number of hydrogen-bond acceptors (Lipinski definition) is 3. The lowest BCUT2D eigenvalue weighted by atomic mass is 10.3. The van der Waals surface area contributed by atoms with Crippen LogP contribution in [0.3, 0.4) is 0 Å². The summed E-state index contributed by atoms with van der Waals surface area (Å²) < 4.78 is 5.63. The average molecular weight is 221 g/mol. The lowest BCUT2D eigenvalue weighted by Crippen LogP contribution is -2.00. The van der Waals surface area contributed by atoms with Gasteiger partial charge in [0.05, 0.1) is 11.7 Å². The Balaban J connectivity index is 2.18. The monoisotopic (exact) mass is 221 g/mol. The molecule has 2 rings (SSSR count). The first-order chi connectivity index (χ1) is 7.40. The molecular formula is C12H15NOS. The number of fused-ring (bicyclic) bond motifs is 1. The Hall–Kier alpha value is -0.960. The first kappa shape index (κ1) is 10.6. The molecule has 1 aromatic carbocycles. The van der Waals surface area contributed by atoms with Crippen molar-refractivity contribution in [1.29, 1.82) is 0 Å². The van der Waals surface area contributed by atoms with Gasteiger partial charge in [-0.3, -0.25) is 0 Å². The number of para-hydroxylation sites is 2. The first-order valence-corrected chi connectivity index (χ1v) is 6.31. The highest BCUT2D eigenvalue weighted by Gasteiger charge is 2.10. The quantitative estimate of drug-likeness (QED) is 0.760. The molecule has 80 valence electrons. The van der Waals surface area contributed by atoms with Gasteiger partial charge < -0.3 is 4.74 Å². The number of rotatable bonds is 2. The number of hydrogen-bond donors (Lipinski definition) is 0. The van der Waals surface area contributed by atoms with E-state index in [0.717, 1.165) is 30.2 Å². The smallest absolute Gasteiger partial charge is 0.144 e. The Morgan fingerprint density at radius 3 is 3.13 bits per heavy atom. The predicted molar refractivity (Wildman–Crippen MR) is 66.4 cm³/mol. The van der Waals surface area contributed by atoms with E-state index in [9.17, 15) is 0 Å². The summed E-state index contributed by atoms with van der Waals surface area (Å²) in [5.41, 5.74) is 0.966. The SMILES string of the molecule is CCCSC1=Nc2ccccc2OCC1. The van der Waals surface area contributed by atoms with Gasteiger partial charge in [-0.1, -0.05) is 19.1 Å². The van der Waals surface area contributed by atoms with E-state index in [4.69, 9.17) is 4.74 Å². The lowest BCUT2D eigenvalue weighted by molar-refractivity contribution is 0.334. The van der Waals surface area contributed by atoms with Crippen LogP contribution in [-0.2, 0) is 0 Å². The molecule has 0 amide bonds. The third-order valence-electron chi connectivity index (χ3n) is 2.16. The molecule has 0 N–H and O–H groups in total. The van der Waals surface area contributed by atoms with Gasteiger partial charge in [-0.25, -0.2) is 4.99 Å². The molecule has 1 aliphatic heterocycles. The van der Waals surface area contributed by atoms with E-state index >= 15 is 0 Å². The zero-order valence-corrected chi connectivity index (χ0v) is 9.72. The number of aliphatic imine (C=N–C) groups is 1. The summed E-state index contributed by atoms with van der Waals surface area (Å²) in [6.45, 7) is 2.93. The summed E-state index contributed by atoms with van der Waals surface area (Å²) in [4.78, 5) is 4.63. The minimum absolute atomic E-state index is 0.743. The van der Waals surface area contributed by atoms with Crippen LogP contribution in [0.1, 0.15) is 19.8 Å². The Bertz CT molecular complexity index is 362. The van der Waals surface area contributed by atoms with E-state index in [0.29, 0.717) is 0 Å². The van der Waals surface area contributed by atoms with E-state index in [2.05, 4.69) is 11.9 Å². The highest BCUT2D eigenvalue weighted by atomic mass is 32.2. The van der Waals surface area contributed by atoms with Crippen molar-refractivity contribution in [3.05, 3.63) is 24.3 Å². The molecule has 1 heterocycles. The maximum absolute atomic E-state index is 5.63. The number of nitrogens with zero attached hydrogens (tertiary/aromatic N) is 1. The van der Waals surface area contributed by atoms with Gasteiger partial charge in [-0.2, -0.15) is 0 Å². The van der Waals surface area contributed by atoms with Crippen molar-refractivity contribution in [2.24, 2.45) is 4.99 Å². The molecular weight excluding hydrogens is 206 g/mol. The minimum Gasteiger partial charge on any atom is -0.491 e. The van der Waals surface area contributed by atoms with Crippen LogP contribution in [0.4, 0.5) is 5.69 Å². The second-order valence-corrected chi connectivity index (χ2v) is 4.59. The maximum Gasteiger partial charge on any atom is 0.144 e. The largest absolute Gasteiger partial charge is 0.491 e. The maximum atomic E-state index is 5.63. The molecule has 0 spiro atoms. The Morgan fingerprint density at radius 2 is 2.27 bits per heavy atom. The van der Waals surface area contributed by atoms with Crippen LogP contribution in [-0.4, -0.2) is 17.4 Å². The number of thioether (sulfide) groups is 1. The van der Waals surface area contributed by atoms with Crippen molar-refractivity contribution in [1.82, 2.24) is 0 Å². The van der Waals surface area contributed by atoms with Crippen LogP contribution in [0, 0.1) is 0 Å². The summed E-state index contributed by atoms with van der Waals surface area (Å²) in [5.74, 6) is 2.05. The zero-order chi connectivity index (χ0) is 10.5. The fourth-order valence-electron chi connectivity index (χ4n) is 1.43. The van der Waals surface area contributed by atoms with Crippen molar-refractivity contribution in [2.45, 2.75) is 19.8 Å². The van der Waals surface area contributed by atoms with Crippen molar-refractivity contribution in [3.8, 4) is 5.75 Å². The number of ether oxygens (including phenoxy) is 1. The summed E-state index contributed by atoms with van der Waals surface area (Å²) in [5, 5.41) is 1.20. The van der Waals surface area contributed by atoms with E-state index < -0.39 is 0 Å². The molecule has 1 aliphatic rings. The first-order valence-electron chi connectivity index (χ1n) is 5.32. The van der Waals surface area contributed by atoms with Gasteiger partial charge >= 0.3 is 0 Å². The summed E-state index contributed by atoms with van der Waals surface area (Å²) in [6.07, 6.45) is 2.12. The molecule has 0 aromatic heterocycles. The van der Waals surface area contributed by atoms with Crippen LogP contribution in [0.5, 0.6) is 5.75 Å². The average Bonchev–Trinajstić information content (AvgIpc) is 2.47. The Morgan fingerprint density at radius 1 is 1.40 bits per heavy atom. The van der Waals surface area contributed by atoms with Gasteiger partial charge in [-0.15, -0.1) is 11.8 Å². The standard InChI is InChI=1S/C12H15NOS/c1-2-9-15-12-7-8-14-11-6-4-3-5-10(11)13-12/h3-6H,2,7-9H2,1H3. The van der Waals surface area contributed by atoms with E-state index in [1.165, 1.54) is 11.5 Å². The van der Waals surface area contributed by atoms with Crippen LogP contribution in [0.2, 0.25) is 0 Å². The minimum atomic E-state index is 0.743. The molecule has 0 saturated carbocycles. The molecule has 15 heavy (non-hydrogen) atoms. The summed E-state index contributed by atoms with van der Waals surface area (Å²) >= 11 is 1.84. The van der Waals surface area contributed by atoms with E-state index in [1.54, 1.807) is 0 Å². The second kappa shape index (κ2) is 5.21. The fraction of sp³-hybridized carbons (Fsp3) is 0.417. The highest BCUT2D eigenvalue weighted by Crippen LogP contribution is 2.31. The van der Waals surface area contributed by atoms with E-state index in [-0.39, 0.29) is 0 Å². The summed E-state index contributed by atoms with van der Waals surface area (Å²) in [7, 11) is 0. The predicted octanol–water partition coefficient (Wildman–Crippen LogP) is 3.64. The van der Waals surface area contributed by atoms with Gasteiger partial charge in [0, 0.05) is 6.42 Å². The molecule has 0 atom stereocenters. The Kier molecular flexibility index (Phi) is 3.67.